The summed E-state index contributed by atoms with van der Waals surface area (Å²) in [7, 11) is 1.61. The third-order valence-electron chi connectivity index (χ3n) is 1.19. The molecule has 60 valence electrons. The molecule has 0 aliphatic rings. The van der Waals surface area contributed by atoms with Crippen LogP contribution in [0.2, 0.25) is 5.02 Å². The van der Waals surface area contributed by atoms with Gasteiger partial charge < -0.3 is 4.74 Å². The number of methoxy groups -OCH3 is 1. The van der Waals surface area contributed by atoms with Crippen molar-refractivity contribution in [2.45, 2.75) is 0 Å². The van der Waals surface area contributed by atoms with Crippen LogP contribution < -0.4 is 4.74 Å². The second kappa shape index (κ2) is 3.78. The van der Waals surface area contributed by atoms with Gasteiger partial charge in [-0.3, -0.25) is 0 Å². The van der Waals surface area contributed by atoms with Gasteiger partial charge >= 0.3 is 0 Å². The second-order valence-electron chi connectivity index (χ2n) is 1.91. The normalized spacial score (nSPS) is 9.82. The molecule has 0 aromatic heterocycles. The first-order valence-electron chi connectivity index (χ1n) is 2.83. The Bertz CT molecular complexity index is 252. The first kappa shape index (κ1) is 9.36. The Labute approximate surface area is 86.9 Å². The molecular formula is C7H5Br2ClO. The summed E-state index contributed by atoms with van der Waals surface area (Å²) in [6.07, 6.45) is 0. The molecule has 0 saturated carbocycles. The van der Waals surface area contributed by atoms with Gasteiger partial charge in [0.05, 0.1) is 12.1 Å². The summed E-state index contributed by atoms with van der Waals surface area (Å²) in [5.74, 6) is 0.771. The Morgan fingerprint density at radius 2 is 1.73 bits per heavy atom. The highest BCUT2D eigenvalue weighted by Crippen LogP contribution is 2.34. The molecule has 0 heterocycles. The van der Waals surface area contributed by atoms with Crippen molar-refractivity contribution < 1.29 is 4.74 Å². The average Bonchev–Trinajstić information content (AvgIpc) is 1.99. The number of halogens is 3. The number of ether oxygens (including phenoxy) is 1. The van der Waals surface area contributed by atoms with Gasteiger partial charge in [-0.2, -0.15) is 0 Å². The predicted molar refractivity (Wildman–Crippen MR) is 53.4 cm³/mol. The van der Waals surface area contributed by atoms with Crippen molar-refractivity contribution in [3.05, 3.63) is 26.1 Å². The fraction of sp³-hybridized carbons (Fsp3) is 0.143. The van der Waals surface area contributed by atoms with E-state index in [4.69, 9.17) is 16.3 Å². The summed E-state index contributed by atoms with van der Waals surface area (Å²) in [6, 6.07) is 3.63. The van der Waals surface area contributed by atoms with Crippen LogP contribution in [0.15, 0.2) is 21.1 Å². The molecule has 1 rings (SSSR count). The fourth-order valence-electron chi connectivity index (χ4n) is 0.650. The Morgan fingerprint density at radius 3 is 2.09 bits per heavy atom. The van der Waals surface area contributed by atoms with E-state index in [9.17, 15) is 0 Å². The zero-order valence-electron chi connectivity index (χ0n) is 5.70. The van der Waals surface area contributed by atoms with Gasteiger partial charge in [0, 0.05) is 8.95 Å². The van der Waals surface area contributed by atoms with Crippen LogP contribution in [0.1, 0.15) is 0 Å². The summed E-state index contributed by atoms with van der Waals surface area (Å²) in [5.41, 5.74) is 0. The van der Waals surface area contributed by atoms with E-state index < -0.39 is 0 Å². The quantitative estimate of drug-likeness (QED) is 0.715. The first-order valence-corrected chi connectivity index (χ1v) is 4.80. The van der Waals surface area contributed by atoms with Gasteiger partial charge in [0.25, 0.3) is 0 Å². The third kappa shape index (κ3) is 2.10. The van der Waals surface area contributed by atoms with E-state index in [0.717, 1.165) is 14.7 Å². The Kier molecular flexibility index (Phi) is 3.22. The van der Waals surface area contributed by atoms with Crippen LogP contribution in [0.5, 0.6) is 5.75 Å². The minimum Gasteiger partial charge on any atom is -0.497 e. The highest BCUT2D eigenvalue weighted by molar-refractivity contribution is 9.11. The van der Waals surface area contributed by atoms with Gasteiger partial charge in [0.1, 0.15) is 5.75 Å². The molecule has 0 atom stereocenters. The Balaban J connectivity index is 3.21. The maximum absolute atomic E-state index is 5.86. The van der Waals surface area contributed by atoms with Gasteiger partial charge in [0.2, 0.25) is 0 Å². The fourth-order valence-corrected chi connectivity index (χ4v) is 1.90. The van der Waals surface area contributed by atoms with Gasteiger partial charge in [-0.1, -0.05) is 11.6 Å². The highest BCUT2D eigenvalue weighted by atomic mass is 79.9. The van der Waals surface area contributed by atoms with E-state index in [2.05, 4.69) is 31.9 Å². The summed E-state index contributed by atoms with van der Waals surface area (Å²) in [5, 5.41) is 0.658. The van der Waals surface area contributed by atoms with Crippen molar-refractivity contribution in [1.29, 1.82) is 0 Å². The SMILES string of the molecule is COc1cc(Br)c(Cl)c(Br)c1. The van der Waals surface area contributed by atoms with E-state index in [1.807, 2.05) is 12.1 Å². The molecule has 0 fully saturated rings. The summed E-state index contributed by atoms with van der Waals surface area (Å²) in [6.45, 7) is 0. The van der Waals surface area contributed by atoms with Gasteiger partial charge in [-0.05, 0) is 44.0 Å². The van der Waals surface area contributed by atoms with E-state index in [1.165, 1.54) is 0 Å². The molecule has 11 heavy (non-hydrogen) atoms. The standard InChI is InChI=1S/C7H5Br2ClO/c1-11-4-2-5(8)7(10)6(9)3-4/h2-3H,1H3. The molecule has 0 aliphatic carbocycles. The van der Waals surface area contributed by atoms with Crippen LogP contribution in [0.3, 0.4) is 0 Å². The summed E-state index contributed by atoms with van der Waals surface area (Å²) >= 11 is 12.4. The van der Waals surface area contributed by atoms with E-state index >= 15 is 0 Å². The molecule has 1 aromatic carbocycles. The van der Waals surface area contributed by atoms with Crippen LogP contribution in [0.4, 0.5) is 0 Å². The zero-order chi connectivity index (χ0) is 8.43. The van der Waals surface area contributed by atoms with Crippen LogP contribution >= 0.6 is 43.5 Å². The number of rotatable bonds is 1. The molecule has 0 N–H and O–H groups in total. The van der Waals surface area contributed by atoms with Crippen molar-refractivity contribution in [3.63, 3.8) is 0 Å². The minimum atomic E-state index is 0.658. The molecule has 0 radical (unpaired) electrons. The smallest absolute Gasteiger partial charge is 0.121 e. The lowest BCUT2D eigenvalue weighted by Crippen LogP contribution is -1.83. The Morgan fingerprint density at radius 1 is 1.27 bits per heavy atom. The largest absolute Gasteiger partial charge is 0.497 e. The molecule has 0 amide bonds. The van der Waals surface area contributed by atoms with E-state index in [0.29, 0.717) is 5.02 Å². The Hall–Kier alpha value is 0.270. The molecule has 0 spiro atoms. The minimum absolute atomic E-state index is 0.658. The van der Waals surface area contributed by atoms with E-state index in [1.54, 1.807) is 7.11 Å². The van der Waals surface area contributed by atoms with Crippen LogP contribution in [-0.2, 0) is 0 Å². The predicted octanol–water partition coefficient (Wildman–Crippen LogP) is 3.87. The average molecular weight is 300 g/mol. The highest BCUT2D eigenvalue weighted by Gasteiger charge is 2.04. The molecule has 1 aromatic rings. The molecule has 4 heteroatoms. The van der Waals surface area contributed by atoms with Crippen molar-refractivity contribution >= 4 is 43.5 Å². The maximum Gasteiger partial charge on any atom is 0.121 e. The molecule has 0 unspecified atom stereocenters. The van der Waals surface area contributed by atoms with Crippen molar-refractivity contribution in [2.24, 2.45) is 0 Å². The van der Waals surface area contributed by atoms with Crippen LogP contribution in [0.25, 0.3) is 0 Å². The molecule has 1 nitrogen and oxygen atoms in total. The van der Waals surface area contributed by atoms with Crippen molar-refractivity contribution in [2.75, 3.05) is 7.11 Å². The third-order valence-corrected chi connectivity index (χ3v) is 3.31. The maximum atomic E-state index is 5.86. The van der Waals surface area contributed by atoms with Crippen LogP contribution in [0, 0.1) is 0 Å². The first-order chi connectivity index (χ1) is 5.15. The van der Waals surface area contributed by atoms with Gasteiger partial charge in [-0.25, -0.2) is 0 Å². The monoisotopic (exact) mass is 298 g/mol. The second-order valence-corrected chi connectivity index (χ2v) is 3.99. The summed E-state index contributed by atoms with van der Waals surface area (Å²) in [4.78, 5) is 0. The molecular weight excluding hydrogens is 295 g/mol. The topological polar surface area (TPSA) is 9.23 Å². The molecule has 0 bridgehead atoms. The zero-order valence-corrected chi connectivity index (χ0v) is 9.62. The lowest BCUT2D eigenvalue weighted by atomic mass is 10.3. The van der Waals surface area contributed by atoms with Crippen molar-refractivity contribution in [1.82, 2.24) is 0 Å². The summed E-state index contributed by atoms with van der Waals surface area (Å²) < 4.78 is 6.66. The van der Waals surface area contributed by atoms with Gasteiger partial charge in [-0.15, -0.1) is 0 Å². The molecule has 0 aliphatic heterocycles. The number of benzene rings is 1. The van der Waals surface area contributed by atoms with Crippen LogP contribution in [-0.4, -0.2) is 7.11 Å². The van der Waals surface area contributed by atoms with Gasteiger partial charge in [0.15, 0.2) is 0 Å². The lowest BCUT2D eigenvalue weighted by molar-refractivity contribution is 0.414. The number of hydrogen-bond acceptors (Lipinski definition) is 1. The van der Waals surface area contributed by atoms with Crippen molar-refractivity contribution in [3.8, 4) is 5.75 Å². The number of hydrogen-bond donors (Lipinski definition) is 0. The lowest BCUT2D eigenvalue weighted by Gasteiger charge is -2.03. The molecule has 0 saturated heterocycles. The van der Waals surface area contributed by atoms with E-state index in [-0.39, 0.29) is 0 Å².